The Hall–Kier alpha value is -1.76. The number of hydrogen-bond acceptors (Lipinski definition) is 3. The van der Waals surface area contributed by atoms with Crippen LogP contribution < -0.4 is 15.4 Å². The molecule has 2 N–H and O–H groups in total. The lowest BCUT2D eigenvalue weighted by molar-refractivity contribution is -0.137. The maximum atomic E-state index is 12.7. The smallest absolute Gasteiger partial charge is 0.416 e. The maximum absolute atomic E-state index is 12.7. The van der Waals surface area contributed by atoms with E-state index in [1.165, 1.54) is 13.2 Å². The van der Waals surface area contributed by atoms with Crippen LogP contribution in [0.15, 0.2) is 18.2 Å². The van der Waals surface area contributed by atoms with Gasteiger partial charge in [0.05, 0.1) is 18.4 Å². The van der Waals surface area contributed by atoms with E-state index in [9.17, 15) is 18.0 Å². The lowest BCUT2D eigenvalue weighted by Gasteiger charge is -2.22. The zero-order valence-electron chi connectivity index (χ0n) is 11.6. The van der Waals surface area contributed by atoms with Gasteiger partial charge >= 0.3 is 6.18 Å². The van der Waals surface area contributed by atoms with Crippen molar-refractivity contribution in [1.29, 1.82) is 0 Å². The van der Waals surface area contributed by atoms with Gasteiger partial charge in [0.25, 0.3) is 0 Å². The molecule has 1 aromatic rings. The summed E-state index contributed by atoms with van der Waals surface area (Å²) in [4.78, 5) is 12.1. The zero-order valence-corrected chi connectivity index (χ0v) is 11.6. The summed E-state index contributed by atoms with van der Waals surface area (Å²) in [6.07, 6.45) is -3.11. The van der Waals surface area contributed by atoms with Crippen LogP contribution in [0.3, 0.4) is 0 Å². The van der Waals surface area contributed by atoms with Crippen LogP contribution in [0.5, 0.6) is 5.75 Å². The number of halogens is 3. The van der Waals surface area contributed by atoms with Crippen LogP contribution in [-0.4, -0.2) is 26.1 Å². The molecule has 4 nitrogen and oxygen atoms in total. The van der Waals surface area contributed by atoms with Crippen LogP contribution in [0.4, 0.5) is 18.9 Å². The minimum Gasteiger partial charge on any atom is -0.495 e. The fourth-order valence-corrected chi connectivity index (χ4v) is 2.30. The molecule has 1 fully saturated rings. The van der Waals surface area contributed by atoms with E-state index in [-0.39, 0.29) is 23.3 Å². The van der Waals surface area contributed by atoms with E-state index in [1.54, 1.807) is 0 Å². The number of alkyl halides is 3. The molecule has 0 spiro atoms. The van der Waals surface area contributed by atoms with Crippen molar-refractivity contribution in [3.8, 4) is 5.75 Å². The van der Waals surface area contributed by atoms with Gasteiger partial charge in [0.2, 0.25) is 5.91 Å². The standard InChI is InChI=1S/C14H17F3N2O2/c1-21-12-3-2-10(14(15,16)17)8-11(12)19-13(20)9-4-6-18-7-5-9/h2-3,8-9,18H,4-7H2,1H3,(H,19,20). The molecule has 0 radical (unpaired) electrons. The van der Waals surface area contributed by atoms with Gasteiger partial charge in [-0.2, -0.15) is 13.2 Å². The first kappa shape index (κ1) is 15.6. The van der Waals surface area contributed by atoms with Gasteiger partial charge in [-0.1, -0.05) is 0 Å². The van der Waals surface area contributed by atoms with Crippen molar-refractivity contribution in [3.05, 3.63) is 23.8 Å². The van der Waals surface area contributed by atoms with Crippen LogP contribution in [0, 0.1) is 5.92 Å². The summed E-state index contributed by atoms with van der Waals surface area (Å²) in [6, 6.07) is 3.04. The number of anilines is 1. The first-order valence-corrected chi connectivity index (χ1v) is 6.68. The third-order valence-corrected chi connectivity index (χ3v) is 3.49. The predicted molar refractivity (Wildman–Crippen MR) is 72.2 cm³/mol. The van der Waals surface area contributed by atoms with E-state index in [1.807, 2.05) is 0 Å². The molecule has 0 bridgehead atoms. The number of carbonyl (C=O) groups excluding carboxylic acids is 1. The first-order chi connectivity index (χ1) is 9.91. The lowest BCUT2D eigenvalue weighted by atomic mass is 9.97. The minimum atomic E-state index is -4.46. The topological polar surface area (TPSA) is 50.4 Å². The van der Waals surface area contributed by atoms with Gasteiger partial charge < -0.3 is 15.4 Å². The van der Waals surface area contributed by atoms with Crippen LogP contribution in [0.2, 0.25) is 0 Å². The van der Waals surface area contributed by atoms with Gasteiger partial charge in [0, 0.05) is 5.92 Å². The third-order valence-electron chi connectivity index (χ3n) is 3.49. The van der Waals surface area contributed by atoms with Crippen LogP contribution in [0.25, 0.3) is 0 Å². The molecule has 0 aromatic heterocycles. The number of hydrogen-bond donors (Lipinski definition) is 2. The van der Waals surface area contributed by atoms with E-state index in [0.29, 0.717) is 12.8 Å². The Morgan fingerprint density at radius 1 is 1.33 bits per heavy atom. The normalized spacial score (nSPS) is 16.6. The summed E-state index contributed by atoms with van der Waals surface area (Å²) in [5.74, 6) is -0.245. The number of benzene rings is 1. The van der Waals surface area contributed by atoms with Gasteiger partial charge in [-0.3, -0.25) is 4.79 Å². The van der Waals surface area contributed by atoms with Gasteiger partial charge in [0.15, 0.2) is 0 Å². The van der Waals surface area contributed by atoms with Crippen molar-refractivity contribution in [2.75, 3.05) is 25.5 Å². The van der Waals surface area contributed by atoms with Gasteiger partial charge in [-0.25, -0.2) is 0 Å². The molecule has 1 aromatic carbocycles. The molecule has 1 heterocycles. The number of ether oxygens (including phenoxy) is 1. The highest BCUT2D eigenvalue weighted by atomic mass is 19.4. The Labute approximate surface area is 120 Å². The molecule has 21 heavy (non-hydrogen) atoms. The quantitative estimate of drug-likeness (QED) is 0.902. The van der Waals surface area contributed by atoms with Crippen molar-refractivity contribution in [1.82, 2.24) is 5.32 Å². The van der Waals surface area contributed by atoms with Gasteiger partial charge in [-0.15, -0.1) is 0 Å². The maximum Gasteiger partial charge on any atom is 0.416 e. The Bertz CT molecular complexity index is 511. The van der Waals surface area contributed by atoms with Crippen molar-refractivity contribution >= 4 is 11.6 Å². The number of piperidine rings is 1. The highest BCUT2D eigenvalue weighted by Gasteiger charge is 2.31. The van der Waals surface area contributed by atoms with Gasteiger partial charge in [-0.05, 0) is 44.1 Å². The summed E-state index contributed by atoms with van der Waals surface area (Å²) >= 11 is 0. The van der Waals surface area contributed by atoms with Crippen molar-refractivity contribution in [2.24, 2.45) is 5.92 Å². The van der Waals surface area contributed by atoms with Crippen LogP contribution in [0.1, 0.15) is 18.4 Å². The molecule has 1 aliphatic rings. The van der Waals surface area contributed by atoms with E-state index in [2.05, 4.69) is 10.6 Å². The van der Waals surface area contributed by atoms with E-state index in [0.717, 1.165) is 25.2 Å². The Balaban J connectivity index is 2.18. The average Bonchev–Trinajstić information content (AvgIpc) is 2.47. The summed E-state index contributed by atoms with van der Waals surface area (Å²) in [6.45, 7) is 1.47. The fraction of sp³-hybridized carbons (Fsp3) is 0.500. The molecular formula is C14H17F3N2O2. The summed E-state index contributed by atoms with van der Waals surface area (Å²) < 4.78 is 43.2. The third kappa shape index (κ3) is 3.87. The first-order valence-electron chi connectivity index (χ1n) is 6.68. The lowest BCUT2D eigenvalue weighted by Crippen LogP contribution is -2.34. The Morgan fingerprint density at radius 3 is 2.57 bits per heavy atom. The highest BCUT2D eigenvalue weighted by Crippen LogP contribution is 2.35. The fourth-order valence-electron chi connectivity index (χ4n) is 2.30. The van der Waals surface area contributed by atoms with Crippen molar-refractivity contribution in [3.63, 3.8) is 0 Å². The van der Waals surface area contributed by atoms with Crippen LogP contribution >= 0.6 is 0 Å². The average molecular weight is 302 g/mol. The highest BCUT2D eigenvalue weighted by molar-refractivity contribution is 5.94. The molecule has 116 valence electrons. The SMILES string of the molecule is COc1ccc(C(F)(F)F)cc1NC(=O)C1CCNCC1. The summed E-state index contributed by atoms with van der Waals surface area (Å²) in [5, 5.41) is 5.68. The minimum absolute atomic E-state index is 0.0517. The molecule has 0 atom stereocenters. The monoisotopic (exact) mass is 302 g/mol. The number of carbonyl (C=O) groups is 1. The molecule has 1 aliphatic heterocycles. The summed E-state index contributed by atoms with van der Waals surface area (Å²) in [5.41, 5.74) is -0.764. The van der Waals surface area contributed by atoms with E-state index in [4.69, 9.17) is 4.74 Å². The molecule has 0 unspecified atom stereocenters. The number of amides is 1. The largest absolute Gasteiger partial charge is 0.495 e. The zero-order chi connectivity index (χ0) is 15.5. The molecular weight excluding hydrogens is 285 g/mol. The second kappa shape index (κ2) is 6.34. The van der Waals surface area contributed by atoms with E-state index >= 15 is 0 Å². The van der Waals surface area contributed by atoms with Crippen molar-refractivity contribution in [2.45, 2.75) is 19.0 Å². The Morgan fingerprint density at radius 2 is 2.00 bits per heavy atom. The van der Waals surface area contributed by atoms with Crippen LogP contribution in [-0.2, 0) is 11.0 Å². The molecule has 2 rings (SSSR count). The molecule has 1 amide bonds. The van der Waals surface area contributed by atoms with Crippen molar-refractivity contribution < 1.29 is 22.7 Å². The number of methoxy groups -OCH3 is 1. The molecule has 0 saturated carbocycles. The Kier molecular flexibility index (Phi) is 4.72. The molecule has 0 aliphatic carbocycles. The second-order valence-electron chi connectivity index (χ2n) is 4.93. The van der Waals surface area contributed by atoms with Gasteiger partial charge in [0.1, 0.15) is 5.75 Å². The predicted octanol–water partition coefficient (Wildman–Crippen LogP) is 2.65. The number of rotatable bonds is 3. The van der Waals surface area contributed by atoms with E-state index < -0.39 is 11.7 Å². The number of nitrogens with one attached hydrogen (secondary N) is 2. The molecule has 7 heteroatoms. The summed E-state index contributed by atoms with van der Waals surface area (Å²) in [7, 11) is 1.35. The second-order valence-corrected chi connectivity index (χ2v) is 4.93. The molecule has 1 saturated heterocycles.